The van der Waals surface area contributed by atoms with Gasteiger partial charge in [-0.05, 0) is 68.7 Å². The van der Waals surface area contributed by atoms with Crippen molar-refractivity contribution in [3.63, 3.8) is 0 Å². The van der Waals surface area contributed by atoms with Crippen molar-refractivity contribution < 1.29 is 14.3 Å². The van der Waals surface area contributed by atoms with Gasteiger partial charge in [0.25, 0.3) is 11.8 Å². The van der Waals surface area contributed by atoms with Crippen LogP contribution in [-0.4, -0.2) is 18.4 Å². The van der Waals surface area contributed by atoms with Gasteiger partial charge >= 0.3 is 0 Å². The summed E-state index contributed by atoms with van der Waals surface area (Å²) in [6.45, 7) is 7.57. The standard InChI is InChI=1S/C28H27N3O3/c1-18-12-13-24(20(3)14-18)30-27(32)17-34-26-11-6-5-9-22(26)15-23(16-29)28(33)31-25-10-7-8-19(2)21(25)4/h5-15H,17H2,1-4H3,(H,30,32)(H,31,33)/b23-15-. The average Bonchev–Trinajstić information content (AvgIpc) is 2.81. The zero-order chi connectivity index (χ0) is 24.7. The minimum atomic E-state index is -0.515. The largest absolute Gasteiger partial charge is 0.483 e. The molecule has 172 valence electrons. The smallest absolute Gasteiger partial charge is 0.266 e. The normalized spacial score (nSPS) is 10.9. The van der Waals surface area contributed by atoms with E-state index in [4.69, 9.17) is 4.74 Å². The Kier molecular flexibility index (Phi) is 7.83. The van der Waals surface area contributed by atoms with Crippen LogP contribution in [0.3, 0.4) is 0 Å². The van der Waals surface area contributed by atoms with Gasteiger partial charge in [-0.25, -0.2) is 0 Å². The molecule has 3 aromatic rings. The number of para-hydroxylation sites is 1. The Hall–Kier alpha value is -4.37. The van der Waals surface area contributed by atoms with Gasteiger partial charge in [-0.2, -0.15) is 5.26 Å². The first-order chi connectivity index (χ1) is 16.3. The summed E-state index contributed by atoms with van der Waals surface area (Å²) in [4.78, 5) is 25.2. The van der Waals surface area contributed by atoms with Crippen molar-refractivity contribution in [2.24, 2.45) is 0 Å². The Morgan fingerprint density at radius 2 is 1.68 bits per heavy atom. The van der Waals surface area contributed by atoms with E-state index in [9.17, 15) is 14.9 Å². The molecule has 0 heterocycles. The van der Waals surface area contributed by atoms with Gasteiger partial charge < -0.3 is 15.4 Å². The van der Waals surface area contributed by atoms with E-state index in [1.165, 1.54) is 6.08 Å². The Bertz CT molecular complexity index is 1300. The zero-order valence-corrected chi connectivity index (χ0v) is 19.7. The first-order valence-corrected chi connectivity index (χ1v) is 10.9. The van der Waals surface area contributed by atoms with E-state index in [2.05, 4.69) is 10.6 Å². The number of aryl methyl sites for hydroxylation is 3. The number of rotatable bonds is 7. The molecule has 0 unspecified atom stereocenters. The first-order valence-electron chi connectivity index (χ1n) is 10.9. The molecule has 2 N–H and O–H groups in total. The van der Waals surface area contributed by atoms with Crippen molar-refractivity contribution >= 4 is 29.3 Å². The molecule has 0 radical (unpaired) electrons. The quantitative estimate of drug-likeness (QED) is 0.366. The second-order valence-electron chi connectivity index (χ2n) is 8.06. The van der Waals surface area contributed by atoms with Crippen LogP contribution in [0.2, 0.25) is 0 Å². The van der Waals surface area contributed by atoms with Crippen molar-refractivity contribution in [3.8, 4) is 11.8 Å². The molecule has 0 fully saturated rings. The summed E-state index contributed by atoms with van der Waals surface area (Å²) in [6.07, 6.45) is 1.46. The van der Waals surface area contributed by atoms with Crippen molar-refractivity contribution in [1.29, 1.82) is 5.26 Å². The number of nitriles is 1. The molecule has 0 aliphatic heterocycles. The summed E-state index contributed by atoms with van der Waals surface area (Å²) >= 11 is 0. The monoisotopic (exact) mass is 453 g/mol. The number of nitrogens with zero attached hydrogens (tertiary/aromatic N) is 1. The molecule has 0 aliphatic rings. The van der Waals surface area contributed by atoms with Crippen LogP contribution in [0.15, 0.2) is 66.2 Å². The predicted molar refractivity (Wildman–Crippen MR) is 135 cm³/mol. The molecule has 0 atom stereocenters. The lowest BCUT2D eigenvalue weighted by Crippen LogP contribution is -2.21. The summed E-state index contributed by atoms with van der Waals surface area (Å²) < 4.78 is 5.72. The second kappa shape index (κ2) is 11.0. The SMILES string of the molecule is Cc1ccc(NC(=O)COc2ccccc2/C=C(/C#N)C(=O)Nc2cccc(C)c2C)c(C)c1. The van der Waals surface area contributed by atoms with Gasteiger partial charge in [0.2, 0.25) is 0 Å². The van der Waals surface area contributed by atoms with Crippen LogP contribution in [-0.2, 0) is 9.59 Å². The van der Waals surface area contributed by atoms with E-state index in [-0.39, 0.29) is 18.1 Å². The van der Waals surface area contributed by atoms with Crippen molar-refractivity contribution in [2.45, 2.75) is 27.7 Å². The van der Waals surface area contributed by atoms with Gasteiger partial charge in [0.15, 0.2) is 6.61 Å². The fourth-order valence-electron chi connectivity index (χ4n) is 3.39. The highest BCUT2D eigenvalue weighted by molar-refractivity contribution is 6.10. The third kappa shape index (κ3) is 6.11. The van der Waals surface area contributed by atoms with Gasteiger partial charge in [-0.1, -0.05) is 48.0 Å². The van der Waals surface area contributed by atoms with E-state index < -0.39 is 5.91 Å². The molecular formula is C28H27N3O3. The maximum atomic E-state index is 12.7. The number of ether oxygens (including phenoxy) is 1. The number of hydrogen-bond donors (Lipinski definition) is 2. The lowest BCUT2D eigenvalue weighted by molar-refractivity contribution is -0.118. The lowest BCUT2D eigenvalue weighted by atomic mass is 10.1. The number of carbonyl (C=O) groups excluding carboxylic acids is 2. The van der Waals surface area contributed by atoms with Gasteiger partial charge in [-0.15, -0.1) is 0 Å². The minimum Gasteiger partial charge on any atom is -0.483 e. The van der Waals surface area contributed by atoms with E-state index in [0.717, 1.165) is 27.9 Å². The molecule has 0 aliphatic carbocycles. The first kappa shape index (κ1) is 24.3. The molecule has 6 heteroatoms. The molecule has 0 spiro atoms. The molecule has 0 bridgehead atoms. The number of carbonyl (C=O) groups is 2. The summed E-state index contributed by atoms with van der Waals surface area (Å²) in [5.41, 5.74) is 5.88. The summed E-state index contributed by atoms with van der Waals surface area (Å²) in [5, 5.41) is 15.2. The van der Waals surface area contributed by atoms with Gasteiger partial charge in [-0.3, -0.25) is 9.59 Å². The van der Waals surface area contributed by atoms with Crippen LogP contribution in [0.25, 0.3) is 6.08 Å². The Labute approximate surface area is 199 Å². The van der Waals surface area contributed by atoms with Crippen molar-refractivity contribution in [2.75, 3.05) is 17.2 Å². The van der Waals surface area contributed by atoms with Gasteiger partial charge in [0.05, 0.1) is 0 Å². The molecular weight excluding hydrogens is 426 g/mol. The highest BCUT2D eigenvalue weighted by atomic mass is 16.5. The van der Waals surface area contributed by atoms with E-state index in [1.807, 2.05) is 64.1 Å². The molecule has 34 heavy (non-hydrogen) atoms. The van der Waals surface area contributed by atoms with Crippen LogP contribution < -0.4 is 15.4 Å². The van der Waals surface area contributed by atoms with Crippen molar-refractivity contribution in [3.05, 3.63) is 94.1 Å². The lowest BCUT2D eigenvalue weighted by Gasteiger charge is -2.12. The number of nitrogens with one attached hydrogen (secondary N) is 2. The zero-order valence-electron chi connectivity index (χ0n) is 19.7. The molecule has 2 amide bonds. The van der Waals surface area contributed by atoms with Gasteiger partial charge in [0.1, 0.15) is 17.4 Å². The third-order valence-corrected chi connectivity index (χ3v) is 5.45. The average molecular weight is 454 g/mol. The van der Waals surface area contributed by atoms with Gasteiger partial charge in [0, 0.05) is 16.9 Å². The highest BCUT2D eigenvalue weighted by Crippen LogP contribution is 2.23. The van der Waals surface area contributed by atoms with Crippen LogP contribution in [0.5, 0.6) is 5.75 Å². The Morgan fingerprint density at radius 3 is 2.41 bits per heavy atom. The molecule has 3 aromatic carbocycles. The van der Waals surface area contributed by atoms with E-state index in [1.54, 1.807) is 30.3 Å². The summed E-state index contributed by atoms with van der Waals surface area (Å²) in [7, 11) is 0. The van der Waals surface area contributed by atoms with Crippen LogP contribution in [0.1, 0.15) is 27.8 Å². The van der Waals surface area contributed by atoms with Crippen LogP contribution in [0.4, 0.5) is 11.4 Å². The van der Waals surface area contributed by atoms with Crippen LogP contribution >= 0.6 is 0 Å². The fraction of sp³-hybridized carbons (Fsp3) is 0.179. The molecule has 0 aromatic heterocycles. The molecule has 3 rings (SSSR count). The van der Waals surface area contributed by atoms with Crippen LogP contribution in [0, 0.1) is 39.0 Å². The fourth-order valence-corrected chi connectivity index (χ4v) is 3.39. The molecule has 0 saturated heterocycles. The maximum absolute atomic E-state index is 12.7. The summed E-state index contributed by atoms with van der Waals surface area (Å²) in [6, 6.07) is 20.3. The molecule has 6 nitrogen and oxygen atoms in total. The topological polar surface area (TPSA) is 91.2 Å². The minimum absolute atomic E-state index is 0.0725. The number of hydrogen-bond acceptors (Lipinski definition) is 4. The highest BCUT2D eigenvalue weighted by Gasteiger charge is 2.14. The second-order valence-corrected chi connectivity index (χ2v) is 8.06. The van der Waals surface area contributed by atoms with Crippen molar-refractivity contribution in [1.82, 2.24) is 0 Å². The number of benzene rings is 3. The molecule has 0 saturated carbocycles. The predicted octanol–water partition coefficient (Wildman–Crippen LogP) is 5.48. The number of anilines is 2. The maximum Gasteiger partial charge on any atom is 0.266 e. The Morgan fingerprint density at radius 1 is 0.912 bits per heavy atom. The Balaban J connectivity index is 1.72. The summed E-state index contributed by atoms with van der Waals surface area (Å²) in [5.74, 6) is -0.428. The van der Waals surface area contributed by atoms with E-state index >= 15 is 0 Å². The van der Waals surface area contributed by atoms with E-state index in [0.29, 0.717) is 17.0 Å². The number of amides is 2. The third-order valence-electron chi connectivity index (χ3n) is 5.45.